The lowest BCUT2D eigenvalue weighted by Crippen LogP contribution is -2.49. The topological polar surface area (TPSA) is 61.4 Å². The minimum absolute atomic E-state index is 0.119. The molecule has 1 aromatic heterocycles. The van der Waals surface area contributed by atoms with Crippen molar-refractivity contribution in [2.45, 2.75) is 6.92 Å². The number of nitrogens with one attached hydrogen (secondary N) is 1. The van der Waals surface area contributed by atoms with Gasteiger partial charge in [-0.1, -0.05) is 11.6 Å². The standard InChI is InChI=1S/C17H19ClFN5O/c1-11-9-14(22-17(20-2)21-11)16(25)24-7-5-23(6-8-24)15-4-3-12(19)10-13(15)18/h3-4,9-10H,5-8H2,1-2H3,(H,20,21,22). The van der Waals surface area contributed by atoms with Crippen molar-refractivity contribution in [1.82, 2.24) is 14.9 Å². The van der Waals surface area contributed by atoms with E-state index in [-0.39, 0.29) is 11.7 Å². The second-order valence-electron chi connectivity index (χ2n) is 5.84. The predicted octanol–water partition coefficient (Wildman–Crippen LogP) is 2.58. The second kappa shape index (κ2) is 7.23. The molecule has 0 atom stereocenters. The molecule has 3 rings (SSSR count). The van der Waals surface area contributed by atoms with Crippen molar-refractivity contribution in [2.24, 2.45) is 0 Å². The van der Waals surface area contributed by atoms with E-state index in [9.17, 15) is 9.18 Å². The molecule has 8 heteroatoms. The van der Waals surface area contributed by atoms with Gasteiger partial charge in [-0.3, -0.25) is 4.79 Å². The summed E-state index contributed by atoms with van der Waals surface area (Å²) in [6.07, 6.45) is 0. The average Bonchev–Trinajstić information content (AvgIpc) is 2.61. The highest BCUT2D eigenvalue weighted by atomic mass is 35.5. The minimum atomic E-state index is -0.359. The summed E-state index contributed by atoms with van der Waals surface area (Å²) in [5, 5.41) is 3.24. The van der Waals surface area contributed by atoms with E-state index in [0.29, 0.717) is 42.8 Å². The largest absolute Gasteiger partial charge is 0.367 e. The fourth-order valence-corrected chi connectivity index (χ4v) is 3.13. The number of aromatic nitrogens is 2. The molecule has 0 bridgehead atoms. The summed E-state index contributed by atoms with van der Waals surface area (Å²) in [4.78, 5) is 24.9. The quantitative estimate of drug-likeness (QED) is 0.908. The highest BCUT2D eigenvalue weighted by Crippen LogP contribution is 2.27. The van der Waals surface area contributed by atoms with Gasteiger partial charge in [-0.05, 0) is 31.2 Å². The summed E-state index contributed by atoms with van der Waals surface area (Å²) < 4.78 is 13.2. The molecule has 0 unspecified atom stereocenters. The van der Waals surface area contributed by atoms with Crippen LogP contribution in [-0.2, 0) is 0 Å². The molecule has 1 fully saturated rings. The van der Waals surface area contributed by atoms with Crippen molar-refractivity contribution in [3.05, 3.63) is 46.5 Å². The van der Waals surface area contributed by atoms with Gasteiger partial charge in [0, 0.05) is 38.9 Å². The molecule has 2 aromatic rings. The second-order valence-corrected chi connectivity index (χ2v) is 6.25. The van der Waals surface area contributed by atoms with E-state index in [1.165, 1.54) is 12.1 Å². The van der Waals surface area contributed by atoms with Crippen LogP contribution >= 0.6 is 11.6 Å². The van der Waals surface area contributed by atoms with Crippen molar-refractivity contribution in [2.75, 3.05) is 43.4 Å². The number of piperazine rings is 1. The Morgan fingerprint density at radius 3 is 2.56 bits per heavy atom. The fourth-order valence-electron chi connectivity index (χ4n) is 2.84. The zero-order valence-electron chi connectivity index (χ0n) is 14.1. The summed E-state index contributed by atoms with van der Waals surface area (Å²) in [5.41, 5.74) is 1.90. The molecule has 0 spiro atoms. The Bertz CT molecular complexity index is 793. The van der Waals surface area contributed by atoms with E-state index in [1.54, 1.807) is 24.1 Å². The average molecular weight is 364 g/mol. The molecule has 1 amide bonds. The molecule has 1 saturated heterocycles. The van der Waals surface area contributed by atoms with Gasteiger partial charge in [0.05, 0.1) is 10.7 Å². The third kappa shape index (κ3) is 3.82. The summed E-state index contributed by atoms with van der Waals surface area (Å²) in [6, 6.07) is 6.05. The number of amides is 1. The Hall–Kier alpha value is -2.41. The van der Waals surface area contributed by atoms with Crippen LogP contribution in [0, 0.1) is 12.7 Å². The van der Waals surface area contributed by atoms with Gasteiger partial charge in [-0.25, -0.2) is 14.4 Å². The smallest absolute Gasteiger partial charge is 0.272 e. The number of hydrogen-bond acceptors (Lipinski definition) is 5. The first-order valence-electron chi connectivity index (χ1n) is 8.00. The molecule has 6 nitrogen and oxygen atoms in total. The SMILES string of the molecule is CNc1nc(C)cc(C(=O)N2CCN(c3ccc(F)cc3Cl)CC2)n1. The van der Waals surface area contributed by atoms with Crippen LogP contribution in [-0.4, -0.2) is 54.0 Å². The number of hydrogen-bond donors (Lipinski definition) is 1. The Kier molecular flexibility index (Phi) is 5.03. The lowest BCUT2D eigenvalue weighted by Gasteiger charge is -2.36. The van der Waals surface area contributed by atoms with Gasteiger partial charge in [0.1, 0.15) is 11.5 Å². The lowest BCUT2D eigenvalue weighted by molar-refractivity contribution is 0.0740. The van der Waals surface area contributed by atoms with Crippen LogP contribution in [0.2, 0.25) is 5.02 Å². The van der Waals surface area contributed by atoms with Crippen LogP contribution in [0.1, 0.15) is 16.2 Å². The fraction of sp³-hybridized carbons (Fsp3) is 0.353. The molecule has 1 N–H and O–H groups in total. The van der Waals surface area contributed by atoms with Crippen molar-refractivity contribution < 1.29 is 9.18 Å². The molecule has 0 aliphatic carbocycles. The first kappa shape index (κ1) is 17.4. The zero-order valence-corrected chi connectivity index (χ0v) is 14.8. The molecule has 1 aliphatic heterocycles. The molecular formula is C17H19ClFN5O. The lowest BCUT2D eigenvalue weighted by atomic mass is 10.2. The highest BCUT2D eigenvalue weighted by Gasteiger charge is 2.24. The monoisotopic (exact) mass is 363 g/mol. The molecule has 2 heterocycles. The van der Waals surface area contributed by atoms with Gasteiger partial charge in [0.25, 0.3) is 5.91 Å². The Morgan fingerprint density at radius 1 is 1.20 bits per heavy atom. The van der Waals surface area contributed by atoms with Gasteiger partial charge in [0.2, 0.25) is 5.95 Å². The normalized spacial score (nSPS) is 14.6. The van der Waals surface area contributed by atoms with Crippen LogP contribution in [0.25, 0.3) is 0 Å². The first-order valence-corrected chi connectivity index (χ1v) is 8.38. The molecule has 25 heavy (non-hydrogen) atoms. The van der Waals surface area contributed by atoms with Gasteiger partial charge >= 0.3 is 0 Å². The summed E-state index contributed by atoms with van der Waals surface area (Å²) in [5.74, 6) is -0.0473. The maximum atomic E-state index is 13.2. The number of carbonyl (C=O) groups is 1. The molecule has 132 valence electrons. The van der Waals surface area contributed by atoms with Gasteiger partial charge < -0.3 is 15.1 Å². The first-order chi connectivity index (χ1) is 12.0. The summed E-state index contributed by atoms with van der Waals surface area (Å²) in [7, 11) is 1.72. The van der Waals surface area contributed by atoms with Crippen LogP contribution in [0.3, 0.4) is 0 Å². The van der Waals surface area contributed by atoms with Crippen molar-refractivity contribution in [3.63, 3.8) is 0 Å². The van der Waals surface area contributed by atoms with Gasteiger partial charge in [-0.15, -0.1) is 0 Å². The maximum Gasteiger partial charge on any atom is 0.272 e. The molecule has 0 saturated carbocycles. The predicted molar refractivity (Wildman–Crippen MR) is 95.8 cm³/mol. The number of anilines is 2. The molecule has 1 aliphatic rings. The molecular weight excluding hydrogens is 345 g/mol. The number of aryl methyl sites for hydroxylation is 1. The van der Waals surface area contributed by atoms with E-state index < -0.39 is 0 Å². The van der Waals surface area contributed by atoms with E-state index in [0.717, 1.165) is 11.4 Å². The van der Waals surface area contributed by atoms with Crippen LogP contribution in [0.5, 0.6) is 0 Å². The van der Waals surface area contributed by atoms with Crippen LogP contribution in [0.4, 0.5) is 16.0 Å². The number of rotatable bonds is 3. The molecule has 1 aromatic carbocycles. The number of carbonyl (C=O) groups excluding carboxylic acids is 1. The number of nitrogens with zero attached hydrogens (tertiary/aromatic N) is 4. The van der Waals surface area contributed by atoms with E-state index >= 15 is 0 Å². The highest BCUT2D eigenvalue weighted by molar-refractivity contribution is 6.33. The summed E-state index contributed by atoms with van der Waals surface area (Å²) >= 11 is 6.12. The molecule has 0 radical (unpaired) electrons. The Morgan fingerprint density at radius 2 is 1.92 bits per heavy atom. The maximum absolute atomic E-state index is 13.2. The van der Waals surface area contributed by atoms with E-state index in [1.807, 2.05) is 6.92 Å². The van der Waals surface area contributed by atoms with E-state index in [2.05, 4.69) is 20.2 Å². The minimum Gasteiger partial charge on any atom is -0.367 e. The Labute approximate surface area is 150 Å². The van der Waals surface area contributed by atoms with Gasteiger partial charge in [0.15, 0.2) is 0 Å². The zero-order chi connectivity index (χ0) is 18.0. The van der Waals surface area contributed by atoms with E-state index in [4.69, 9.17) is 11.6 Å². The van der Waals surface area contributed by atoms with Crippen molar-refractivity contribution >= 4 is 29.1 Å². The van der Waals surface area contributed by atoms with Crippen LogP contribution in [0.15, 0.2) is 24.3 Å². The number of benzene rings is 1. The van der Waals surface area contributed by atoms with Gasteiger partial charge in [-0.2, -0.15) is 0 Å². The van der Waals surface area contributed by atoms with Crippen molar-refractivity contribution in [1.29, 1.82) is 0 Å². The third-order valence-electron chi connectivity index (χ3n) is 4.11. The third-order valence-corrected chi connectivity index (χ3v) is 4.42. The number of halogens is 2. The van der Waals surface area contributed by atoms with Crippen LogP contribution < -0.4 is 10.2 Å². The Balaban J connectivity index is 1.69. The summed E-state index contributed by atoms with van der Waals surface area (Å²) in [6.45, 7) is 4.17. The van der Waals surface area contributed by atoms with Crippen molar-refractivity contribution in [3.8, 4) is 0 Å².